The van der Waals surface area contributed by atoms with E-state index in [1.54, 1.807) is 12.1 Å². The van der Waals surface area contributed by atoms with Gasteiger partial charge in [-0.1, -0.05) is 30.3 Å². The summed E-state index contributed by atoms with van der Waals surface area (Å²) in [6.45, 7) is 2.20. The van der Waals surface area contributed by atoms with Gasteiger partial charge < -0.3 is 18.9 Å². The Hall–Kier alpha value is -3.21. The zero-order valence-electron chi connectivity index (χ0n) is 15.7. The molecule has 3 aromatic carbocycles. The lowest BCUT2D eigenvalue weighted by Gasteiger charge is -2.14. The Balaban J connectivity index is 1.63. The summed E-state index contributed by atoms with van der Waals surface area (Å²) >= 11 is 0. The summed E-state index contributed by atoms with van der Waals surface area (Å²) in [6.07, 6.45) is 0. The van der Waals surface area contributed by atoms with Crippen molar-refractivity contribution in [3.8, 4) is 23.0 Å². The molecule has 0 fully saturated rings. The maximum absolute atomic E-state index is 11.8. The molecule has 0 unspecified atom stereocenters. The van der Waals surface area contributed by atoms with Crippen LogP contribution < -0.4 is 18.9 Å². The van der Waals surface area contributed by atoms with Crippen molar-refractivity contribution in [3.63, 3.8) is 0 Å². The van der Waals surface area contributed by atoms with E-state index in [0.717, 1.165) is 11.1 Å². The second kappa shape index (κ2) is 8.45. The van der Waals surface area contributed by atoms with Gasteiger partial charge in [0.05, 0.1) is 14.2 Å². The van der Waals surface area contributed by atoms with Crippen molar-refractivity contribution in [2.24, 2.45) is 0 Å². The number of hydrogen-bond donors (Lipinski definition) is 0. The molecule has 3 aromatic rings. The number of fused-ring (bicyclic) bond motifs is 1. The predicted molar refractivity (Wildman–Crippen MR) is 104 cm³/mol. The highest BCUT2D eigenvalue weighted by Gasteiger charge is 2.17. The highest BCUT2D eigenvalue weighted by Crippen LogP contribution is 2.34. The topological polar surface area (TPSA) is 54.0 Å². The Kier molecular flexibility index (Phi) is 5.81. The van der Waals surface area contributed by atoms with Crippen LogP contribution in [0.5, 0.6) is 23.0 Å². The summed E-state index contributed by atoms with van der Waals surface area (Å²) in [4.78, 5) is 11.8. The summed E-state index contributed by atoms with van der Waals surface area (Å²) < 4.78 is 22.1. The Morgan fingerprint density at radius 3 is 1.96 bits per heavy atom. The Morgan fingerprint density at radius 2 is 1.37 bits per heavy atom. The van der Waals surface area contributed by atoms with Gasteiger partial charge in [0.25, 0.3) is 0 Å². The van der Waals surface area contributed by atoms with Crippen LogP contribution in [-0.4, -0.2) is 33.2 Å². The van der Waals surface area contributed by atoms with Gasteiger partial charge in [-0.25, -0.2) is 0 Å². The van der Waals surface area contributed by atoms with Crippen molar-refractivity contribution in [1.29, 1.82) is 0 Å². The largest absolute Gasteiger partial charge is 0.496 e. The van der Waals surface area contributed by atoms with Crippen molar-refractivity contribution in [2.45, 2.75) is 6.92 Å². The molecule has 3 rings (SSSR count). The lowest BCUT2D eigenvalue weighted by atomic mass is 10.1. The average Bonchev–Trinajstić information content (AvgIpc) is 2.70. The number of methoxy groups -OCH3 is 2. The van der Waals surface area contributed by atoms with Crippen LogP contribution in [-0.2, 0) is 0 Å². The van der Waals surface area contributed by atoms with Crippen LogP contribution in [0.2, 0.25) is 0 Å². The van der Waals surface area contributed by atoms with E-state index in [0.29, 0.717) is 36.0 Å². The zero-order chi connectivity index (χ0) is 19.2. The maximum Gasteiger partial charge on any atom is 0.167 e. The van der Waals surface area contributed by atoms with E-state index in [1.165, 1.54) is 26.5 Å². The molecule has 0 saturated heterocycles. The van der Waals surface area contributed by atoms with Crippen molar-refractivity contribution in [1.82, 2.24) is 0 Å². The SMILES string of the molecule is COc1cc(OCCOc2ccc3ccccc3c2)cc(OC)c1C(C)=O. The summed E-state index contributed by atoms with van der Waals surface area (Å²) in [6, 6.07) is 17.4. The second-order valence-corrected chi connectivity index (χ2v) is 5.96. The number of rotatable bonds is 8. The minimum absolute atomic E-state index is 0.130. The first kappa shape index (κ1) is 18.6. The highest BCUT2D eigenvalue weighted by atomic mass is 16.5. The molecule has 0 radical (unpaired) electrons. The number of Topliss-reactive ketones (excluding diaryl/α,β-unsaturated/α-hetero) is 1. The minimum atomic E-state index is -0.130. The molecule has 0 aliphatic rings. The molecule has 0 aromatic heterocycles. The van der Waals surface area contributed by atoms with Crippen LogP contribution in [0.25, 0.3) is 10.8 Å². The molecule has 0 saturated carbocycles. The number of hydrogen-bond acceptors (Lipinski definition) is 5. The predicted octanol–water partition coefficient (Wildman–Crippen LogP) is 4.52. The van der Waals surface area contributed by atoms with Gasteiger partial charge in [0.1, 0.15) is 41.8 Å². The van der Waals surface area contributed by atoms with E-state index in [-0.39, 0.29) is 5.78 Å². The first-order chi connectivity index (χ1) is 13.1. The Bertz CT molecular complexity index is 923. The van der Waals surface area contributed by atoms with Gasteiger partial charge in [0, 0.05) is 12.1 Å². The van der Waals surface area contributed by atoms with Crippen LogP contribution >= 0.6 is 0 Å². The quantitative estimate of drug-likeness (QED) is 0.433. The normalized spacial score (nSPS) is 10.5. The molecular weight excluding hydrogens is 344 g/mol. The van der Waals surface area contributed by atoms with Gasteiger partial charge in [-0.05, 0) is 29.8 Å². The van der Waals surface area contributed by atoms with Crippen molar-refractivity contribution in [3.05, 3.63) is 60.2 Å². The third-order valence-electron chi connectivity index (χ3n) is 4.17. The van der Waals surface area contributed by atoms with Crippen LogP contribution in [0.15, 0.2) is 54.6 Å². The van der Waals surface area contributed by atoms with Gasteiger partial charge in [0.2, 0.25) is 0 Å². The molecule has 5 heteroatoms. The van der Waals surface area contributed by atoms with Crippen LogP contribution in [0, 0.1) is 0 Å². The molecule has 0 bridgehead atoms. The number of ketones is 1. The Labute approximate surface area is 158 Å². The third-order valence-corrected chi connectivity index (χ3v) is 4.17. The second-order valence-electron chi connectivity index (χ2n) is 5.96. The Morgan fingerprint density at radius 1 is 0.778 bits per heavy atom. The van der Waals surface area contributed by atoms with Gasteiger partial charge in [-0.15, -0.1) is 0 Å². The molecule has 0 aliphatic carbocycles. The first-order valence-corrected chi connectivity index (χ1v) is 8.63. The third kappa shape index (κ3) is 4.31. The maximum atomic E-state index is 11.8. The molecule has 140 valence electrons. The molecule has 0 N–H and O–H groups in total. The van der Waals surface area contributed by atoms with Crippen LogP contribution in [0.4, 0.5) is 0 Å². The summed E-state index contributed by atoms with van der Waals surface area (Å²) in [7, 11) is 3.02. The number of benzene rings is 3. The number of ether oxygens (including phenoxy) is 4. The summed E-state index contributed by atoms with van der Waals surface area (Å²) in [5, 5.41) is 2.30. The van der Waals surface area contributed by atoms with Crippen LogP contribution in [0.3, 0.4) is 0 Å². The van der Waals surface area contributed by atoms with E-state index < -0.39 is 0 Å². The zero-order valence-corrected chi connectivity index (χ0v) is 15.7. The van der Waals surface area contributed by atoms with Gasteiger partial charge >= 0.3 is 0 Å². The number of carbonyl (C=O) groups is 1. The van der Waals surface area contributed by atoms with Crippen molar-refractivity contribution < 1.29 is 23.7 Å². The fourth-order valence-electron chi connectivity index (χ4n) is 2.89. The monoisotopic (exact) mass is 366 g/mol. The molecular formula is C22H22O5. The smallest absolute Gasteiger partial charge is 0.167 e. The standard InChI is InChI=1S/C22H22O5/c1-15(23)22-20(24-2)13-19(14-21(22)25-3)27-11-10-26-18-9-8-16-6-4-5-7-17(16)12-18/h4-9,12-14H,10-11H2,1-3H3. The molecule has 0 atom stereocenters. The van der Waals surface area contributed by atoms with Crippen molar-refractivity contribution >= 4 is 16.6 Å². The van der Waals surface area contributed by atoms with E-state index in [4.69, 9.17) is 18.9 Å². The van der Waals surface area contributed by atoms with E-state index in [1.807, 2.05) is 36.4 Å². The number of carbonyl (C=O) groups excluding carboxylic acids is 1. The van der Waals surface area contributed by atoms with Gasteiger partial charge in [-0.2, -0.15) is 0 Å². The van der Waals surface area contributed by atoms with Gasteiger partial charge in [0.15, 0.2) is 5.78 Å². The van der Waals surface area contributed by atoms with E-state index >= 15 is 0 Å². The fourth-order valence-corrected chi connectivity index (χ4v) is 2.89. The fraction of sp³-hybridized carbons (Fsp3) is 0.227. The van der Waals surface area contributed by atoms with E-state index in [2.05, 4.69) is 6.07 Å². The lowest BCUT2D eigenvalue weighted by molar-refractivity contribution is 0.101. The molecule has 0 spiro atoms. The molecule has 0 heterocycles. The van der Waals surface area contributed by atoms with E-state index in [9.17, 15) is 4.79 Å². The summed E-state index contributed by atoms with van der Waals surface area (Å²) in [5.74, 6) is 2.06. The molecule has 27 heavy (non-hydrogen) atoms. The minimum Gasteiger partial charge on any atom is -0.496 e. The van der Waals surface area contributed by atoms with Crippen molar-refractivity contribution in [2.75, 3.05) is 27.4 Å². The highest BCUT2D eigenvalue weighted by molar-refractivity contribution is 6.00. The average molecular weight is 366 g/mol. The van der Waals surface area contributed by atoms with Gasteiger partial charge in [-0.3, -0.25) is 4.79 Å². The molecule has 5 nitrogen and oxygen atoms in total. The molecule has 0 amide bonds. The van der Waals surface area contributed by atoms with Crippen LogP contribution in [0.1, 0.15) is 17.3 Å². The lowest BCUT2D eigenvalue weighted by Crippen LogP contribution is -2.10. The first-order valence-electron chi connectivity index (χ1n) is 8.63. The summed E-state index contributed by atoms with van der Waals surface area (Å²) in [5.41, 5.74) is 0.403. The molecule has 0 aliphatic heterocycles.